The molecule has 0 spiro atoms. The molecule has 1 heterocycles. The number of ether oxygens (including phenoxy) is 1. The van der Waals surface area contributed by atoms with Crippen LogP contribution >= 0.6 is 11.8 Å². The molecule has 0 radical (unpaired) electrons. The summed E-state index contributed by atoms with van der Waals surface area (Å²) >= 11 is 1.07. The molecule has 5 nitrogen and oxygen atoms in total. The van der Waals surface area contributed by atoms with E-state index in [1.807, 2.05) is 0 Å². The standard InChI is InChI=1S/C13H14FNO4S/c14-9-3-1-2-4-11(9)20-7-12(16)15-10-6-19-5-8(10)13(17)18/h1-4,8,10H,5-7H2,(H,15,16)(H,17,18). The Labute approximate surface area is 119 Å². The van der Waals surface area contributed by atoms with E-state index in [1.165, 1.54) is 6.07 Å². The van der Waals surface area contributed by atoms with E-state index in [-0.39, 0.29) is 30.7 Å². The number of carbonyl (C=O) groups excluding carboxylic acids is 1. The van der Waals surface area contributed by atoms with Crippen molar-refractivity contribution in [3.8, 4) is 0 Å². The zero-order valence-corrected chi connectivity index (χ0v) is 11.4. The zero-order valence-electron chi connectivity index (χ0n) is 10.5. The Hall–Kier alpha value is -1.60. The van der Waals surface area contributed by atoms with Crippen molar-refractivity contribution in [3.05, 3.63) is 30.1 Å². The number of hydrogen-bond acceptors (Lipinski definition) is 4. The van der Waals surface area contributed by atoms with E-state index in [4.69, 9.17) is 9.84 Å². The van der Waals surface area contributed by atoms with Gasteiger partial charge in [0.05, 0.1) is 25.0 Å². The molecule has 108 valence electrons. The van der Waals surface area contributed by atoms with Gasteiger partial charge in [0.2, 0.25) is 5.91 Å². The second-order valence-electron chi connectivity index (χ2n) is 4.38. The van der Waals surface area contributed by atoms with Crippen molar-refractivity contribution in [2.45, 2.75) is 10.9 Å². The van der Waals surface area contributed by atoms with Crippen LogP contribution in [-0.4, -0.2) is 42.0 Å². The number of amides is 1. The summed E-state index contributed by atoms with van der Waals surface area (Å²) in [5.74, 6) is -2.39. The molecule has 2 N–H and O–H groups in total. The molecule has 2 rings (SSSR count). The number of nitrogens with one attached hydrogen (secondary N) is 1. The summed E-state index contributed by atoms with van der Waals surface area (Å²) in [4.78, 5) is 23.1. The lowest BCUT2D eigenvalue weighted by Crippen LogP contribution is -2.43. The molecule has 1 fully saturated rings. The summed E-state index contributed by atoms with van der Waals surface area (Å²) in [6, 6.07) is 5.65. The third-order valence-electron chi connectivity index (χ3n) is 2.94. The molecule has 1 saturated heterocycles. The second kappa shape index (κ2) is 6.71. The average molecular weight is 299 g/mol. The molecule has 1 aliphatic rings. The number of benzene rings is 1. The first-order valence-corrected chi connectivity index (χ1v) is 7.03. The van der Waals surface area contributed by atoms with Gasteiger partial charge in [0.15, 0.2) is 0 Å². The molecule has 2 unspecified atom stereocenters. The van der Waals surface area contributed by atoms with E-state index in [0.717, 1.165) is 11.8 Å². The average Bonchev–Trinajstić information content (AvgIpc) is 2.86. The summed E-state index contributed by atoms with van der Waals surface area (Å²) in [5, 5.41) is 11.6. The number of halogens is 1. The molecule has 0 aliphatic carbocycles. The Balaban J connectivity index is 1.84. The van der Waals surface area contributed by atoms with Crippen LogP contribution in [0.2, 0.25) is 0 Å². The predicted octanol–water partition coefficient (Wildman–Crippen LogP) is 1.13. The van der Waals surface area contributed by atoms with Crippen LogP contribution in [0, 0.1) is 11.7 Å². The van der Waals surface area contributed by atoms with Gasteiger partial charge in [0.1, 0.15) is 11.7 Å². The number of carboxylic acids is 1. The lowest BCUT2D eigenvalue weighted by molar-refractivity contribution is -0.142. The Morgan fingerprint density at radius 2 is 2.15 bits per heavy atom. The molecule has 1 amide bonds. The van der Waals surface area contributed by atoms with Gasteiger partial charge in [-0.2, -0.15) is 0 Å². The van der Waals surface area contributed by atoms with Crippen LogP contribution in [0.15, 0.2) is 29.2 Å². The lowest BCUT2D eigenvalue weighted by atomic mass is 10.0. The van der Waals surface area contributed by atoms with Crippen molar-refractivity contribution in [1.29, 1.82) is 0 Å². The second-order valence-corrected chi connectivity index (χ2v) is 5.39. The van der Waals surface area contributed by atoms with Crippen LogP contribution in [-0.2, 0) is 14.3 Å². The highest BCUT2D eigenvalue weighted by atomic mass is 32.2. The highest BCUT2D eigenvalue weighted by Crippen LogP contribution is 2.21. The molecule has 0 bridgehead atoms. The molecule has 0 aromatic heterocycles. The zero-order chi connectivity index (χ0) is 14.5. The SMILES string of the molecule is O=C(CSc1ccccc1F)NC1COCC1C(=O)O. The molecular formula is C13H14FNO4S. The molecule has 1 aliphatic heterocycles. The minimum atomic E-state index is -0.991. The van der Waals surface area contributed by atoms with Crippen LogP contribution in [0.3, 0.4) is 0 Å². The van der Waals surface area contributed by atoms with Crippen molar-refractivity contribution < 1.29 is 23.8 Å². The first-order chi connectivity index (χ1) is 9.58. The van der Waals surface area contributed by atoms with Crippen LogP contribution in [0.25, 0.3) is 0 Å². The van der Waals surface area contributed by atoms with Gasteiger partial charge in [-0.1, -0.05) is 12.1 Å². The Morgan fingerprint density at radius 3 is 2.85 bits per heavy atom. The number of aliphatic carboxylic acids is 1. The highest BCUT2D eigenvalue weighted by Gasteiger charge is 2.34. The van der Waals surface area contributed by atoms with Gasteiger partial charge < -0.3 is 15.2 Å². The van der Waals surface area contributed by atoms with Gasteiger partial charge in [0, 0.05) is 4.90 Å². The maximum atomic E-state index is 13.4. The number of carbonyl (C=O) groups is 2. The van der Waals surface area contributed by atoms with E-state index >= 15 is 0 Å². The van der Waals surface area contributed by atoms with Crippen molar-refractivity contribution in [3.63, 3.8) is 0 Å². The summed E-state index contributed by atoms with van der Waals surface area (Å²) < 4.78 is 18.4. The fourth-order valence-electron chi connectivity index (χ4n) is 1.89. The van der Waals surface area contributed by atoms with Crippen LogP contribution < -0.4 is 5.32 Å². The normalized spacial score (nSPS) is 21.6. The summed E-state index contributed by atoms with van der Waals surface area (Å²) in [6.45, 7) is 0.286. The molecule has 2 atom stereocenters. The van der Waals surface area contributed by atoms with E-state index in [0.29, 0.717) is 4.90 Å². The van der Waals surface area contributed by atoms with E-state index in [9.17, 15) is 14.0 Å². The summed E-state index contributed by atoms with van der Waals surface area (Å²) in [5.41, 5.74) is 0. The Morgan fingerprint density at radius 1 is 1.40 bits per heavy atom. The van der Waals surface area contributed by atoms with Crippen LogP contribution in [0.1, 0.15) is 0 Å². The fourth-order valence-corrected chi connectivity index (χ4v) is 2.64. The van der Waals surface area contributed by atoms with Crippen LogP contribution in [0.4, 0.5) is 4.39 Å². The molecule has 20 heavy (non-hydrogen) atoms. The summed E-state index contributed by atoms with van der Waals surface area (Å²) in [6.07, 6.45) is 0. The Kier molecular flexibility index (Phi) is 4.97. The smallest absolute Gasteiger partial charge is 0.311 e. The van der Waals surface area contributed by atoms with Crippen molar-refractivity contribution >= 4 is 23.6 Å². The van der Waals surface area contributed by atoms with Crippen molar-refractivity contribution in [2.24, 2.45) is 5.92 Å². The quantitative estimate of drug-likeness (QED) is 0.797. The van der Waals surface area contributed by atoms with Gasteiger partial charge in [-0.25, -0.2) is 4.39 Å². The maximum Gasteiger partial charge on any atom is 0.311 e. The number of thioether (sulfide) groups is 1. The molecule has 1 aromatic carbocycles. The molecule has 0 saturated carbocycles. The number of rotatable bonds is 5. The third-order valence-corrected chi connectivity index (χ3v) is 3.99. The topological polar surface area (TPSA) is 75.6 Å². The van der Waals surface area contributed by atoms with Crippen molar-refractivity contribution in [2.75, 3.05) is 19.0 Å². The first-order valence-electron chi connectivity index (χ1n) is 6.05. The van der Waals surface area contributed by atoms with Gasteiger partial charge >= 0.3 is 5.97 Å². The van der Waals surface area contributed by atoms with Crippen LogP contribution in [0.5, 0.6) is 0 Å². The first kappa shape index (κ1) is 14.8. The van der Waals surface area contributed by atoms with E-state index < -0.39 is 17.9 Å². The van der Waals surface area contributed by atoms with Crippen molar-refractivity contribution in [1.82, 2.24) is 5.32 Å². The van der Waals surface area contributed by atoms with Gasteiger partial charge in [-0.3, -0.25) is 9.59 Å². The van der Waals surface area contributed by atoms with Gasteiger partial charge in [-0.05, 0) is 12.1 Å². The number of hydrogen-bond donors (Lipinski definition) is 2. The maximum absolute atomic E-state index is 13.4. The largest absolute Gasteiger partial charge is 0.481 e. The molecule has 1 aromatic rings. The minimum absolute atomic E-state index is 0.0315. The highest BCUT2D eigenvalue weighted by molar-refractivity contribution is 8.00. The summed E-state index contributed by atoms with van der Waals surface area (Å²) in [7, 11) is 0. The molecule has 7 heteroatoms. The van der Waals surface area contributed by atoms with Gasteiger partial charge in [-0.15, -0.1) is 11.8 Å². The number of carboxylic acid groups (broad SMARTS) is 1. The van der Waals surface area contributed by atoms with E-state index in [2.05, 4.69) is 5.32 Å². The molecular weight excluding hydrogens is 285 g/mol. The van der Waals surface area contributed by atoms with Gasteiger partial charge in [0.25, 0.3) is 0 Å². The third kappa shape index (κ3) is 3.71. The fraction of sp³-hybridized carbons (Fsp3) is 0.385. The predicted molar refractivity (Wildman–Crippen MR) is 71.0 cm³/mol. The van der Waals surface area contributed by atoms with E-state index in [1.54, 1.807) is 18.2 Å². The Bertz CT molecular complexity index is 511. The lowest BCUT2D eigenvalue weighted by Gasteiger charge is -2.15. The minimum Gasteiger partial charge on any atom is -0.481 e. The monoisotopic (exact) mass is 299 g/mol.